The van der Waals surface area contributed by atoms with Crippen LogP contribution >= 0.6 is 0 Å². The number of carboxylic acids is 1. The molecule has 1 aliphatic carbocycles. The molecule has 1 saturated carbocycles. The van der Waals surface area contributed by atoms with Crippen molar-refractivity contribution in [2.45, 2.75) is 25.7 Å². The van der Waals surface area contributed by atoms with Crippen LogP contribution in [-0.2, 0) is 0 Å². The van der Waals surface area contributed by atoms with Gasteiger partial charge in [0, 0.05) is 17.8 Å². The lowest BCUT2D eigenvalue weighted by Gasteiger charge is -2.11. The summed E-state index contributed by atoms with van der Waals surface area (Å²) in [5, 5.41) is 18.3. The second kappa shape index (κ2) is 6.74. The van der Waals surface area contributed by atoms with Crippen molar-refractivity contribution in [3.8, 4) is 22.5 Å². The molecule has 1 fully saturated rings. The van der Waals surface area contributed by atoms with Gasteiger partial charge in [-0.25, -0.2) is 14.2 Å². The molecule has 0 unspecified atom stereocenters. The maximum atomic E-state index is 11.6. The van der Waals surface area contributed by atoms with Crippen LogP contribution in [0.1, 0.15) is 40.5 Å². The van der Waals surface area contributed by atoms with E-state index in [1.807, 2.05) is 41.9 Å². The van der Waals surface area contributed by atoms with Gasteiger partial charge in [-0.3, -0.25) is 0 Å². The van der Waals surface area contributed by atoms with E-state index < -0.39 is 5.97 Å². The van der Waals surface area contributed by atoms with Crippen molar-refractivity contribution in [1.29, 1.82) is 0 Å². The topological polar surface area (TPSA) is 72.9 Å². The van der Waals surface area contributed by atoms with Crippen molar-refractivity contribution in [2.75, 3.05) is 0 Å². The molecule has 1 aliphatic rings. The van der Waals surface area contributed by atoms with Crippen LogP contribution in [0.4, 0.5) is 0 Å². The molecule has 0 aliphatic heterocycles. The minimum absolute atomic E-state index is 0.276. The standard InChI is InChI=1S/C23H20N4O2/c1-15-10-11-24-26(15)19-6-2-4-17(12-19)18-5-3-7-20(13-18)27-22(16-8-9-16)21(14-25-27)23(28)29/h2-7,10-14,16H,8-9H2,1H3,(H,28,29). The lowest BCUT2D eigenvalue weighted by atomic mass is 10.0. The lowest BCUT2D eigenvalue weighted by molar-refractivity contribution is 0.0695. The van der Waals surface area contributed by atoms with Gasteiger partial charge in [0.15, 0.2) is 0 Å². The highest BCUT2D eigenvalue weighted by Gasteiger charge is 2.32. The summed E-state index contributed by atoms with van der Waals surface area (Å²) in [7, 11) is 0. The van der Waals surface area contributed by atoms with Crippen molar-refractivity contribution < 1.29 is 9.90 Å². The average Bonchev–Trinajstić information content (AvgIpc) is 3.32. The molecule has 0 amide bonds. The molecule has 1 N–H and O–H groups in total. The van der Waals surface area contributed by atoms with Crippen LogP contribution in [0.15, 0.2) is 67.0 Å². The first-order chi connectivity index (χ1) is 14.1. The second-order valence-corrected chi connectivity index (χ2v) is 7.42. The Morgan fingerprint density at radius 3 is 2.17 bits per heavy atom. The van der Waals surface area contributed by atoms with Crippen molar-refractivity contribution in [1.82, 2.24) is 19.6 Å². The van der Waals surface area contributed by atoms with E-state index in [0.717, 1.165) is 46.7 Å². The lowest BCUT2D eigenvalue weighted by Crippen LogP contribution is -2.05. The Hall–Kier alpha value is -3.67. The number of aromatic carboxylic acids is 1. The fourth-order valence-electron chi connectivity index (χ4n) is 3.75. The zero-order valence-corrected chi connectivity index (χ0v) is 16.0. The molecule has 0 spiro atoms. The smallest absolute Gasteiger partial charge is 0.339 e. The third-order valence-corrected chi connectivity index (χ3v) is 5.35. The first-order valence-corrected chi connectivity index (χ1v) is 9.65. The summed E-state index contributed by atoms with van der Waals surface area (Å²) >= 11 is 0. The number of aryl methyl sites for hydroxylation is 1. The van der Waals surface area contributed by atoms with Crippen molar-refractivity contribution in [3.05, 3.63) is 83.9 Å². The van der Waals surface area contributed by atoms with Crippen LogP contribution in [-0.4, -0.2) is 30.6 Å². The molecular formula is C23H20N4O2. The highest BCUT2D eigenvalue weighted by Crippen LogP contribution is 2.42. The Bertz CT molecular complexity index is 1220. The van der Waals surface area contributed by atoms with Crippen LogP contribution in [0.2, 0.25) is 0 Å². The minimum atomic E-state index is -0.920. The van der Waals surface area contributed by atoms with Crippen LogP contribution in [0.25, 0.3) is 22.5 Å². The summed E-state index contributed by atoms with van der Waals surface area (Å²) < 4.78 is 3.69. The number of aromatic nitrogens is 4. The quantitative estimate of drug-likeness (QED) is 0.545. The minimum Gasteiger partial charge on any atom is -0.478 e. The van der Waals surface area contributed by atoms with Gasteiger partial charge in [0.2, 0.25) is 0 Å². The molecule has 0 radical (unpaired) electrons. The molecule has 6 heteroatoms. The number of carboxylic acid groups (broad SMARTS) is 1. The number of hydrogen-bond acceptors (Lipinski definition) is 3. The molecule has 2 aromatic heterocycles. The van der Waals surface area contributed by atoms with Gasteiger partial charge >= 0.3 is 5.97 Å². The summed E-state index contributed by atoms with van der Waals surface area (Å²) in [6.07, 6.45) is 5.28. The Labute approximate surface area is 168 Å². The van der Waals surface area contributed by atoms with Crippen LogP contribution < -0.4 is 0 Å². The first-order valence-electron chi connectivity index (χ1n) is 9.65. The van der Waals surface area contributed by atoms with E-state index in [4.69, 9.17) is 0 Å². The Morgan fingerprint density at radius 1 is 0.966 bits per heavy atom. The summed E-state index contributed by atoms with van der Waals surface area (Å²) in [5.74, 6) is -0.644. The fourth-order valence-corrected chi connectivity index (χ4v) is 3.75. The van der Waals surface area contributed by atoms with Gasteiger partial charge in [-0.05, 0) is 61.2 Å². The van der Waals surface area contributed by atoms with Crippen LogP contribution in [0.5, 0.6) is 0 Å². The van der Waals surface area contributed by atoms with E-state index in [1.54, 1.807) is 10.9 Å². The molecule has 6 nitrogen and oxygen atoms in total. The van der Waals surface area contributed by atoms with E-state index in [0.29, 0.717) is 5.56 Å². The molecule has 0 bridgehead atoms. The molecule has 144 valence electrons. The predicted molar refractivity (Wildman–Crippen MR) is 110 cm³/mol. The first kappa shape index (κ1) is 17.4. The highest BCUT2D eigenvalue weighted by molar-refractivity contribution is 5.89. The third kappa shape index (κ3) is 3.12. The number of carbonyl (C=O) groups is 1. The number of rotatable bonds is 5. The molecule has 5 rings (SSSR count). The monoisotopic (exact) mass is 384 g/mol. The fraction of sp³-hybridized carbons (Fsp3) is 0.174. The summed E-state index contributed by atoms with van der Waals surface area (Å²) in [6, 6.07) is 18.3. The largest absolute Gasteiger partial charge is 0.478 e. The molecule has 0 atom stereocenters. The van der Waals surface area contributed by atoms with Crippen molar-refractivity contribution in [2.24, 2.45) is 0 Å². The van der Waals surface area contributed by atoms with E-state index >= 15 is 0 Å². The summed E-state index contributed by atoms with van der Waals surface area (Å²) in [4.78, 5) is 11.6. The van der Waals surface area contributed by atoms with E-state index in [2.05, 4.69) is 34.5 Å². The molecule has 4 aromatic rings. The Morgan fingerprint density at radius 2 is 1.62 bits per heavy atom. The molecule has 2 aromatic carbocycles. The zero-order valence-electron chi connectivity index (χ0n) is 16.0. The maximum absolute atomic E-state index is 11.6. The van der Waals surface area contributed by atoms with Gasteiger partial charge in [0.1, 0.15) is 5.56 Å². The van der Waals surface area contributed by atoms with Crippen LogP contribution in [0, 0.1) is 6.92 Å². The zero-order chi connectivity index (χ0) is 20.0. The number of nitrogens with zero attached hydrogens (tertiary/aromatic N) is 4. The highest BCUT2D eigenvalue weighted by atomic mass is 16.4. The molecule has 2 heterocycles. The van der Waals surface area contributed by atoms with Gasteiger partial charge in [0.05, 0.1) is 23.3 Å². The van der Waals surface area contributed by atoms with Crippen molar-refractivity contribution in [3.63, 3.8) is 0 Å². The third-order valence-electron chi connectivity index (χ3n) is 5.35. The van der Waals surface area contributed by atoms with E-state index in [9.17, 15) is 9.90 Å². The average molecular weight is 384 g/mol. The van der Waals surface area contributed by atoms with Gasteiger partial charge in [0.25, 0.3) is 0 Å². The molecule has 29 heavy (non-hydrogen) atoms. The molecular weight excluding hydrogens is 364 g/mol. The van der Waals surface area contributed by atoms with Gasteiger partial charge in [-0.15, -0.1) is 0 Å². The Kier molecular flexibility index (Phi) is 4.05. The maximum Gasteiger partial charge on any atom is 0.339 e. The normalized spacial score (nSPS) is 13.6. The molecule has 0 saturated heterocycles. The SMILES string of the molecule is Cc1ccnn1-c1cccc(-c2cccc(-n3ncc(C(=O)O)c3C3CC3)c2)c1. The second-order valence-electron chi connectivity index (χ2n) is 7.42. The van der Waals surface area contributed by atoms with Crippen LogP contribution in [0.3, 0.4) is 0 Å². The van der Waals surface area contributed by atoms with Gasteiger partial charge in [-0.1, -0.05) is 24.3 Å². The van der Waals surface area contributed by atoms with E-state index in [-0.39, 0.29) is 5.92 Å². The number of hydrogen-bond donors (Lipinski definition) is 1. The summed E-state index contributed by atoms with van der Waals surface area (Å²) in [5.41, 5.74) is 6.16. The van der Waals surface area contributed by atoms with Crippen molar-refractivity contribution >= 4 is 5.97 Å². The Balaban J connectivity index is 1.57. The van der Waals surface area contributed by atoms with Gasteiger partial charge in [-0.2, -0.15) is 10.2 Å². The number of benzene rings is 2. The van der Waals surface area contributed by atoms with Gasteiger partial charge < -0.3 is 5.11 Å². The summed E-state index contributed by atoms with van der Waals surface area (Å²) in [6.45, 7) is 2.03. The van der Waals surface area contributed by atoms with E-state index in [1.165, 1.54) is 6.20 Å². The predicted octanol–water partition coefficient (Wildman–Crippen LogP) is 4.61.